The number of hydrogen-bond acceptors (Lipinski definition) is 1. The topological polar surface area (TPSA) is 20.2 Å². The minimum absolute atomic E-state index is 0.0705. The van der Waals surface area contributed by atoms with Gasteiger partial charge in [-0.2, -0.15) is 0 Å². The normalized spacial score (nSPS) is 39.9. The van der Waals surface area contributed by atoms with Gasteiger partial charge in [0.05, 0.1) is 6.10 Å². The fourth-order valence-electron chi connectivity index (χ4n) is 2.76. The molecular weight excluding hydrogens is 172 g/mol. The molecular formula is C13H26O. The number of rotatable bonds is 2. The third-order valence-electron chi connectivity index (χ3n) is 4.50. The molecule has 0 amide bonds. The third-order valence-corrected chi connectivity index (χ3v) is 4.50. The largest absolute Gasteiger partial charge is 0.393 e. The summed E-state index contributed by atoms with van der Waals surface area (Å²) < 4.78 is 0. The predicted octanol–water partition coefficient (Wildman–Crippen LogP) is 3.47. The summed E-state index contributed by atoms with van der Waals surface area (Å²) in [6.07, 6.45) is 3.57. The number of aliphatic hydroxyl groups excluding tert-OH is 1. The van der Waals surface area contributed by atoms with Crippen LogP contribution >= 0.6 is 0 Å². The molecule has 14 heavy (non-hydrogen) atoms. The maximum absolute atomic E-state index is 9.90. The van der Waals surface area contributed by atoms with Crippen LogP contribution in [0.5, 0.6) is 0 Å². The molecule has 0 aromatic rings. The smallest absolute Gasteiger partial charge is 0.0591 e. The molecule has 2 atom stereocenters. The Morgan fingerprint density at radius 2 is 1.57 bits per heavy atom. The van der Waals surface area contributed by atoms with Crippen LogP contribution < -0.4 is 0 Å². The van der Waals surface area contributed by atoms with Crippen LogP contribution in [0.4, 0.5) is 0 Å². The lowest BCUT2D eigenvalue weighted by Crippen LogP contribution is -2.39. The van der Waals surface area contributed by atoms with Crippen molar-refractivity contribution < 1.29 is 5.11 Å². The van der Waals surface area contributed by atoms with Crippen LogP contribution in [0.15, 0.2) is 0 Å². The van der Waals surface area contributed by atoms with Gasteiger partial charge in [-0.1, -0.05) is 41.0 Å². The molecule has 1 nitrogen and oxygen atoms in total. The highest BCUT2D eigenvalue weighted by atomic mass is 16.3. The Labute approximate surface area is 88.9 Å². The zero-order valence-corrected chi connectivity index (χ0v) is 10.4. The highest BCUT2D eigenvalue weighted by Crippen LogP contribution is 2.44. The van der Waals surface area contributed by atoms with Crippen LogP contribution in [0.25, 0.3) is 0 Å². The third kappa shape index (κ3) is 2.31. The van der Waals surface area contributed by atoms with Crippen molar-refractivity contribution in [2.75, 3.05) is 0 Å². The molecule has 0 aliphatic heterocycles. The van der Waals surface area contributed by atoms with Crippen LogP contribution in [0.3, 0.4) is 0 Å². The van der Waals surface area contributed by atoms with Gasteiger partial charge in [-0.25, -0.2) is 0 Å². The Morgan fingerprint density at radius 3 is 1.93 bits per heavy atom. The molecule has 1 heteroatoms. The Bertz CT molecular complexity index is 174. The Balaban J connectivity index is 2.66. The summed E-state index contributed by atoms with van der Waals surface area (Å²) in [4.78, 5) is 0. The maximum atomic E-state index is 9.90. The summed E-state index contributed by atoms with van der Waals surface area (Å²) in [5.41, 5.74) is 0.447. The molecule has 1 rings (SSSR count). The van der Waals surface area contributed by atoms with E-state index in [1.165, 1.54) is 19.3 Å². The van der Waals surface area contributed by atoms with E-state index in [0.717, 1.165) is 5.92 Å². The van der Waals surface area contributed by atoms with Crippen molar-refractivity contribution in [3.8, 4) is 0 Å². The lowest BCUT2D eigenvalue weighted by molar-refractivity contribution is -0.0188. The SMILES string of the molecule is CCC(C)(C)C1CC(C)C(O)C(C)C1. The van der Waals surface area contributed by atoms with Crippen molar-refractivity contribution in [1.29, 1.82) is 0 Å². The minimum Gasteiger partial charge on any atom is -0.393 e. The van der Waals surface area contributed by atoms with Crippen molar-refractivity contribution in [3.63, 3.8) is 0 Å². The van der Waals surface area contributed by atoms with Crippen LogP contribution in [-0.2, 0) is 0 Å². The van der Waals surface area contributed by atoms with Crippen molar-refractivity contribution in [1.82, 2.24) is 0 Å². The molecule has 0 bridgehead atoms. The summed E-state index contributed by atoms with van der Waals surface area (Å²) in [6, 6.07) is 0. The van der Waals surface area contributed by atoms with E-state index in [-0.39, 0.29) is 6.10 Å². The summed E-state index contributed by atoms with van der Waals surface area (Å²) in [6.45, 7) is 11.4. The summed E-state index contributed by atoms with van der Waals surface area (Å²) in [7, 11) is 0. The molecule has 1 aliphatic carbocycles. The first-order valence-electron chi connectivity index (χ1n) is 6.06. The molecule has 2 unspecified atom stereocenters. The van der Waals surface area contributed by atoms with E-state index < -0.39 is 0 Å². The van der Waals surface area contributed by atoms with Gasteiger partial charge in [-0.15, -0.1) is 0 Å². The van der Waals surface area contributed by atoms with Crippen LogP contribution in [-0.4, -0.2) is 11.2 Å². The molecule has 0 radical (unpaired) electrons. The lowest BCUT2D eigenvalue weighted by Gasteiger charge is -2.43. The molecule has 0 heterocycles. The Hall–Kier alpha value is -0.0400. The van der Waals surface area contributed by atoms with Crippen LogP contribution in [0.2, 0.25) is 0 Å². The van der Waals surface area contributed by atoms with Gasteiger partial charge in [0.2, 0.25) is 0 Å². The maximum Gasteiger partial charge on any atom is 0.0591 e. The van der Waals surface area contributed by atoms with E-state index in [0.29, 0.717) is 17.3 Å². The van der Waals surface area contributed by atoms with E-state index in [1.54, 1.807) is 0 Å². The van der Waals surface area contributed by atoms with E-state index in [2.05, 4.69) is 34.6 Å². The van der Waals surface area contributed by atoms with Crippen LogP contribution in [0, 0.1) is 23.2 Å². The molecule has 1 aliphatic rings. The second-order valence-electron chi connectivity index (χ2n) is 5.96. The second kappa shape index (κ2) is 4.22. The van der Waals surface area contributed by atoms with Gasteiger partial charge in [0.1, 0.15) is 0 Å². The standard InChI is InChI=1S/C13H26O/c1-6-13(4,5)11-7-9(2)12(14)10(3)8-11/h9-12,14H,6-8H2,1-5H3. The average Bonchev–Trinajstić information content (AvgIpc) is 2.13. The molecule has 84 valence electrons. The monoisotopic (exact) mass is 198 g/mol. The molecule has 0 spiro atoms. The predicted molar refractivity (Wildman–Crippen MR) is 61.1 cm³/mol. The molecule has 0 saturated heterocycles. The van der Waals surface area contributed by atoms with Crippen molar-refractivity contribution in [2.45, 2.75) is 60.0 Å². The summed E-state index contributed by atoms with van der Waals surface area (Å²) in [5.74, 6) is 1.75. The highest BCUT2D eigenvalue weighted by Gasteiger charge is 2.38. The molecule has 0 aromatic carbocycles. The molecule has 1 saturated carbocycles. The first-order valence-corrected chi connectivity index (χ1v) is 6.06. The first-order chi connectivity index (χ1) is 6.38. The molecule has 1 N–H and O–H groups in total. The Morgan fingerprint density at radius 1 is 1.14 bits per heavy atom. The van der Waals surface area contributed by atoms with Gasteiger partial charge in [0.15, 0.2) is 0 Å². The van der Waals surface area contributed by atoms with E-state index in [1.807, 2.05) is 0 Å². The van der Waals surface area contributed by atoms with Crippen molar-refractivity contribution in [2.24, 2.45) is 23.2 Å². The summed E-state index contributed by atoms with van der Waals surface area (Å²) >= 11 is 0. The zero-order valence-electron chi connectivity index (χ0n) is 10.4. The second-order valence-corrected chi connectivity index (χ2v) is 5.96. The Kier molecular flexibility index (Phi) is 3.63. The van der Waals surface area contributed by atoms with Crippen molar-refractivity contribution >= 4 is 0 Å². The quantitative estimate of drug-likeness (QED) is 0.720. The minimum atomic E-state index is -0.0705. The van der Waals surface area contributed by atoms with Gasteiger partial charge in [0, 0.05) is 0 Å². The zero-order chi connectivity index (χ0) is 10.9. The number of aliphatic hydroxyl groups is 1. The lowest BCUT2D eigenvalue weighted by atomic mass is 9.64. The van der Waals surface area contributed by atoms with Crippen molar-refractivity contribution in [3.05, 3.63) is 0 Å². The number of hydrogen-bond donors (Lipinski definition) is 1. The highest BCUT2D eigenvalue weighted by molar-refractivity contribution is 4.88. The van der Waals surface area contributed by atoms with E-state index in [4.69, 9.17) is 0 Å². The average molecular weight is 198 g/mol. The van der Waals surface area contributed by atoms with Gasteiger partial charge < -0.3 is 5.11 Å². The fourth-order valence-corrected chi connectivity index (χ4v) is 2.76. The molecule has 0 aromatic heterocycles. The van der Waals surface area contributed by atoms with E-state index >= 15 is 0 Å². The van der Waals surface area contributed by atoms with Gasteiger partial charge in [-0.05, 0) is 36.0 Å². The molecule has 1 fully saturated rings. The summed E-state index contributed by atoms with van der Waals surface area (Å²) in [5, 5.41) is 9.90. The van der Waals surface area contributed by atoms with Gasteiger partial charge >= 0.3 is 0 Å². The fraction of sp³-hybridized carbons (Fsp3) is 1.00. The van der Waals surface area contributed by atoms with Crippen LogP contribution in [0.1, 0.15) is 53.9 Å². The van der Waals surface area contributed by atoms with E-state index in [9.17, 15) is 5.11 Å². The van der Waals surface area contributed by atoms with Gasteiger partial charge in [-0.3, -0.25) is 0 Å². The van der Waals surface area contributed by atoms with Gasteiger partial charge in [0.25, 0.3) is 0 Å². The first kappa shape index (κ1) is 12.0.